The van der Waals surface area contributed by atoms with Gasteiger partial charge in [-0.1, -0.05) is 36.4 Å². The van der Waals surface area contributed by atoms with Gasteiger partial charge in [-0.05, 0) is 70.6 Å². The van der Waals surface area contributed by atoms with Crippen LogP contribution in [0, 0.1) is 0 Å². The van der Waals surface area contributed by atoms with Gasteiger partial charge in [-0.2, -0.15) is 0 Å². The van der Waals surface area contributed by atoms with Gasteiger partial charge in [0.15, 0.2) is 0 Å². The predicted molar refractivity (Wildman–Crippen MR) is 153 cm³/mol. The number of amides is 4. The lowest BCUT2D eigenvalue weighted by Crippen LogP contribution is -2.53. The second kappa shape index (κ2) is 15.0. The molecule has 0 unspecified atom stereocenters. The van der Waals surface area contributed by atoms with Crippen LogP contribution in [0.4, 0.5) is 9.59 Å². The number of carbonyl (C=O) groups is 4. The molecular formula is C30H41N5O6. The molecule has 4 amide bonds. The van der Waals surface area contributed by atoms with Crippen molar-refractivity contribution >= 4 is 24.0 Å². The maximum atomic E-state index is 13.5. The standard InChI is InChI=1S/C30H41N5O6/c1-30(2,3)41-29(40)32-18-10-8-15-23(34-28(38)39)27(37)35-19-11-16-25(35)26(36)33-24(21-12-5-4-6-13-21)20-22-14-7-9-17-31-22/h4-7,9,12-14,17,23-25,34H,8,10-11,15-16,18-20H2,1-3H3,(H,32,40)(H,33,36)(H,38,39)/t23-,24-,25-/m0/s1. The van der Waals surface area contributed by atoms with E-state index >= 15 is 0 Å². The number of pyridine rings is 1. The summed E-state index contributed by atoms with van der Waals surface area (Å²) >= 11 is 0. The first kappa shape index (κ1) is 31.4. The van der Waals surface area contributed by atoms with Crippen LogP contribution >= 0.6 is 0 Å². The first-order valence-corrected chi connectivity index (χ1v) is 14.1. The molecule has 0 aliphatic carbocycles. The number of carbonyl (C=O) groups excluding carboxylic acids is 3. The first-order chi connectivity index (χ1) is 19.5. The molecule has 3 atom stereocenters. The van der Waals surface area contributed by atoms with Crippen molar-refractivity contribution in [2.45, 2.75) is 83.0 Å². The highest BCUT2D eigenvalue weighted by molar-refractivity contribution is 5.91. The maximum Gasteiger partial charge on any atom is 0.407 e. The number of benzene rings is 1. The van der Waals surface area contributed by atoms with E-state index in [-0.39, 0.29) is 18.4 Å². The molecule has 0 spiro atoms. The third-order valence-corrected chi connectivity index (χ3v) is 6.68. The number of rotatable bonds is 12. The summed E-state index contributed by atoms with van der Waals surface area (Å²) in [5, 5.41) is 17.5. The molecule has 1 aromatic carbocycles. The largest absolute Gasteiger partial charge is 0.465 e. The molecule has 0 saturated carbocycles. The highest BCUT2D eigenvalue weighted by Crippen LogP contribution is 2.23. The van der Waals surface area contributed by atoms with E-state index in [0.29, 0.717) is 45.2 Å². The van der Waals surface area contributed by atoms with Crippen LogP contribution in [0.5, 0.6) is 0 Å². The molecule has 0 radical (unpaired) electrons. The van der Waals surface area contributed by atoms with Gasteiger partial charge in [0.2, 0.25) is 11.8 Å². The number of nitrogens with one attached hydrogen (secondary N) is 3. The van der Waals surface area contributed by atoms with E-state index in [4.69, 9.17) is 4.74 Å². The van der Waals surface area contributed by atoms with E-state index in [0.717, 1.165) is 11.3 Å². The zero-order valence-electron chi connectivity index (χ0n) is 24.0. The van der Waals surface area contributed by atoms with Crippen LogP contribution in [0.3, 0.4) is 0 Å². The number of ether oxygens (including phenoxy) is 1. The monoisotopic (exact) mass is 567 g/mol. The van der Waals surface area contributed by atoms with Crippen molar-refractivity contribution in [2.24, 2.45) is 0 Å². The summed E-state index contributed by atoms with van der Waals surface area (Å²) in [5.74, 6) is -0.706. The van der Waals surface area contributed by atoms with E-state index in [1.165, 1.54) is 4.90 Å². The number of carboxylic acid groups (broad SMARTS) is 1. The fourth-order valence-electron chi connectivity index (χ4n) is 4.82. The number of unbranched alkanes of at least 4 members (excludes halogenated alkanes) is 1. The molecule has 3 rings (SSSR count). The summed E-state index contributed by atoms with van der Waals surface area (Å²) in [5.41, 5.74) is 1.14. The molecule has 11 nitrogen and oxygen atoms in total. The highest BCUT2D eigenvalue weighted by Gasteiger charge is 2.38. The Kier molecular flexibility index (Phi) is 11.5. The van der Waals surface area contributed by atoms with Crippen molar-refractivity contribution in [1.82, 2.24) is 25.8 Å². The molecule has 4 N–H and O–H groups in total. The molecular weight excluding hydrogens is 526 g/mol. The summed E-state index contributed by atoms with van der Waals surface area (Å²) in [6.45, 7) is 6.01. The predicted octanol–water partition coefficient (Wildman–Crippen LogP) is 3.80. The summed E-state index contributed by atoms with van der Waals surface area (Å²) < 4.78 is 5.20. The number of hydrogen-bond donors (Lipinski definition) is 4. The first-order valence-electron chi connectivity index (χ1n) is 14.1. The van der Waals surface area contributed by atoms with Gasteiger partial charge in [-0.15, -0.1) is 0 Å². The van der Waals surface area contributed by atoms with Crippen LogP contribution in [0.25, 0.3) is 0 Å². The molecule has 1 aliphatic heterocycles. The average molecular weight is 568 g/mol. The third kappa shape index (κ3) is 10.4. The summed E-state index contributed by atoms with van der Waals surface area (Å²) in [6.07, 6.45) is 2.72. The number of aromatic nitrogens is 1. The lowest BCUT2D eigenvalue weighted by molar-refractivity contribution is -0.140. The molecule has 41 heavy (non-hydrogen) atoms. The normalized spacial score (nSPS) is 16.4. The zero-order valence-corrected chi connectivity index (χ0v) is 24.0. The Morgan fingerprint density at radius 1 is 1.05 bits per heavy atom. The van der Waals surface area contributed by atoms with Crippen LogP contribution in [0.2, 0.25) is 0 Å². The van der Waals surface area contributed by atoms with Gasteiger partial charge in [-0.25, -0.2) is 9.59 Å². The third-order valence-electron chi connectivity index (χ3n) is 6.68. The molecule has 1 aromatic heterocycles. The van der Waals surface area contributed by atoms with Crippen LogP contribution in [0.15, 0.2) is 54.7 Å². The summed E-state index contributed by atoms with van der Waals surface area (Å²) in [6, 6.07) is 13.2. The topological polar surface area (TPSA) is 150 Å². The minimum Gasteiger partial charge on any atom is -0.465 e. The molecule has 1 fully saturated rings. The Balaban J connectivity index is 1.62. The van der Waals surface area contributed by atoms with E-state index in [2.05, 4.69) is 20.9 Å². The Morgan fingerprint density at radius 3 is 2.44 bits per heavy atom. The molecule has 1 aliphatic rings. The zero-order chi connectivity index (χ0) is 29.8. The van der Waals surface area contributed by atoms with Crippen molar-refractivity contribution in [3.63, 3.8) is 0 Å². The second-order valence-electron chi connectivity index (χ2n) is 11.1. The number of likely N-dealkylation sites (tertiary alicyclic amines) is 1. The fraction of sp³-hybridized carbons (Fsp3) is 0.500. The Bertz CT molecular complexity index is 1150. The molecule has 222 valence electrons. The summed E-state index contributed by atoms with van der Waals surface area (Å²) in [7, 11) is 0. The smallest absolute Gasteiger partial charge is 0.407 e. The molecule has 2 heterocycles. The van der Waals surface area contributed by atoms with Crippen LogP contribution in [-0.2, 0) is 20.7 Å². The van der Waals surface area contributed by atoms with Crippen molar-refractivity contribution in [1.29, 1.82) is 0 Å². The Hall–Kier alpha value is -4.15. The number of hydrogen-bond acceptors (Lipinski definition) is 6. The van der Waals surface area contributed by atoms with Crippen molar-refractivity contribution < 1.29 is 29.0 Å². The van der Waals surface area contributed by atoms with Gasteiger partial charge in [0.25, 0.3) is 0 Å². The van der Waals surface area contributed by atoms with Crippen LogP contribution in [0.1, 0.15) is 70.2 Å². The van der Waals surface area contributed by atoms with Crippen LogP contribution < -0.4 is 16.0 Å². The molecule has 1 saturated heterocycles. The van der Waals surface area contributed by atoms with Gasteiger partial charge in [0, 0.05) is 31.4 Å². The molecule has 2 aromatic rings. The van der Waals surface area contributed by atoms with Crippen molar-refractivity contribution in [2.75, 3.05) is 13.1 Å². The van der Waals surface area contributed by atoms with E-state index in [1.807, 2.05) is 48.5 Å². The van der Waals surface area contributed by atoms with Crippen molar-refractivity contribution in [3.8, 4) is 0 Å². The van der Waals surface area contributed by atoms with Gasteiger partial charge in [0.05, 0.1) is 6.04 Å². The molecule has 11 heteroatoms. The lowest BCUT2D eigenvalue weighted by atomic mass is 10.0. The number of nitrogens with zero attached hydrogens (tertiary/aromatic N) is 2. The second-order valence-corrected chi connectivity index (χ2v) is 11.1. The molecule has 0 bridgehead atoms. The van der Waals surface area contributed by atoms with E-state index in [9.17, 15) is 24.3 Å². The Labute approximate surface area is 241 Å². The van der Waals surface area contributed by atoms with Gasteiger partial charge < -0.3 is 30.7 Å². The van der Waals surface area contributed by atoms with E-state index in [1.54, 1.807) is 27.0 Å². The average Bonchev–Trinajstić information content (AvgIpc) is 3.41. The van der Waals surface area contributed by atoms with Crippen molar-refractivity contribution in [3.05, 3.63) is 66.0 Å². The highest BCUT2D eigenvalue weighted by atomic mass is 16.6. The van der Waals surface area contributed by atoms with Gasteiger partial charge in [-0.3, -0.25) is 14.6 Å². The fourth-order valence-corrected chi connectivity index (χ4v) is 4.82. The summed E-state index contributed by atoms with van der Waals surface area (Å²) in [4.78, 5) is 56.2. The lowest BCUT2D eigenvalue weighted by Gasteiger charge is -2.30. The minimum absolute atomic E-state index is 0.234. The van der Waals surface area contributed by atoms with E-state index < -0.39 is 35.8 Å². The Morgan fingerprint density at radius 2 is 1.78 bits per heavy atom. The SMILES string of the molecule is CC(C)(C)OC(=O)NCCCC[C@H](NC(=O)O)C(=O)N1CCC[C@H]1C(=O)N[C@@H](Cc1ccccn1)c1ccccc1. The quantitative estimate of drug-likeness (QED) is 0.285. The van der Waals surface area contributed by atoms with Gasteiger partial charge >= 0.3 is 12.2 Å². The minimum atomic E-state index is -1.31. The van der Waals surface area contributed by atoms with Gasteiger partial charge in [0.1, 0.15) is 17.7 Å². The maximum absolute atomic E-state index is 13.5. The number of alkyl carbamates (subject to hydrolysis) is 1. The van der Waals surface area contributed by atoms with Crippen LogP contribution in [-0.4, -0.2) is 69.8 Å².